The molecule has 0 N–H and O–H groups in total. The van der Waals surface area contributed by atoms with Gasteiger partial charge in [0, 0.05) is 0 Å². The lowest BCUT2D eigenvalue weighted by Gasteiger charge is -2.44. The van der Waals surface area contributed by atoms with Gasteiger partial charge in [-0.05, 0) is 44.4 Å². The summed E-state index contributed by atoms with van der Waals surface area (Å²) in [6.07, 6.45) is 8.98. The molecular formula is C16H26O4. The number of methoxy groups -OCH3 is 2. The molecule has 114 valence electrons. The first-order valence-electron chi connectivity index (χ1n) is 7.80. The average Bonchev–Trinajstić information content (AvgIpc) is 2.54. The van der Waals surface area contributed by atoms with Crippen molar-refractivity contribution in [2.45, 2.75) is 57.8 Å². The van der Waals surface area contributed by atoms with Gasteiger partial charge in [-0.3, -0.25) is 9.59 Å². The Balaban J connectivity index is 2.10. The highest BCUT2D eigenvalue weighted by atomic mass is 16.5. The highest BCUT2D eigenvalue weighted by Crippen LogP contribution is 2.50. The molecule has 0 saturated heterocycles. The molecule has 2 aliphatic carbocycles. The highest BCUT2D eigenvalue weighted by molar-refractivity contribution is 5.78. The molecule has 0 radical (unpaired) electrons. The number of ether oxygens (including phenoxy) is 2. The van der Waals surface area contributed by atoms with E-state index in [4.69, 9.17) is 9.47 Å². The minimum atomic E-state index is -0.348. The summed E-state index contributed by atoms with van der Waals surface area (Å²) >= 11 is 0. The van der Waals surface area contributed by atoms with Crippen LogP contribution in [0.1, 0.15) is 57.8 Å². The van der Waals surface area contributed by atoms with Crippen molar-refractivity contribution >= 4 is 11.9 Å². The van der Waals surface area contributed by atoms with Crippen LogP contribution < -0.4 is 0 Å². The van der Waals surface area contributed by atoms with Gasteiger partial charge in [-0.2, -0.15) is 0 Å². The summed E-state index contributed by atoms with van der Waals surface area (Å²) < 4.78 is 9.95. The molecular weight excluding hydrogens is 256 g/mol. The van der Waals surface area contributed by atoms with Crippen LogP contribution in [-0.2, 0) is 19.1 Å². The predicted molar refractivity (Wildman–Crippen MR) is 75.0 cm³/mol. The Kier molecular flexibility index (Phi) is 5.06. The van der Waals surface area contributed by atoms with Crippen molar-refractivity contribution in [2.75, 3.05) is 14.2 Å². The first-order valence-corrected chi connectivity index (χ1v) is 7.80. The van der Waals surface area contributed by atoms with Crippen molar-refractivity contribution in [1.82, 2.24) is 0 Å². The van der Waals surface area contributed by atoms with Crippen LogP contribution in [0.25, 0.3) is 0 Å². The minimum absolute atomic E-state index is 0.0404. The van der Waals surface area contributed by atoms with Crippen LogP contribution in [-0.4, -0.2) is 26.2 Å². The fourth-order valence-electron chi connectivity index (χ4n) is 4.17. The molecule has 0 aromatic carbocycles. The van der Waals surface area contributed by atoms with Crippen LogP contribution in [0, 0.1) is 17.3 Å². The van der Waals surface area contributed by atoms with Crippen LogP contribution >= 0.6 is 0 Å². The van der Waals surface area contributed by atoms with Gasteiger partial charge in [-0.25, -0.2) is 0 Å². The molecule has 0 aromatic rings. The third kappa shape index (κ3) is 2.84. The third-order valence-electron chi connectivity index (χ3n) is 5.39. The molecule has 4 nitrogen and oxygen atoms in total. The lowest BCUT2D eigenvalue weighted by molar-refractivity contribution is -0.164. The summed E-state index contributed by atoms with van der Waals surface area (Å²) in [6, 6.07) is 0. The van der Waals surface area contributed by atoms with E-state index in [9.17, 15) is 9.59 Å². The van der Waals surface area contributed by atoms with E-state index >= 15 is 0 Å². The Morgan fingerprint density at radius 3 is 2.00 bits per heavy atom. The number of carbonyl (C=O) groups is 2. The topological polar surface area (TPSA) is 52.6 Å². The molecule has 0 aromatic heterocycles. The van der Waals surface area contributed by atoms with Crippen molar-refractivity contribution in [3.8, 4) is 0 Å². The van der Waals surface area contributed by atoms with Crippen LogP contribution in [0.4, 0.5) is 0 Å². The molecule has 2 rings (SSSR count). The summed E-state index contributed by atoms with van der Waals surface area (Å²) in [6.45, 7) is 0. The SMILES string of the molecule is COC(=O)C1CCC(C(=O)OC)(C2CCCCC2)CC1. The maximum atomic E-state index is 12.4. The van der Waals surface area contributed by atoms with E-state index in [0.29, 0.717) is 5.92 Å². The van der Waals surface area contributed by atoms with Crippen molar-refractivity contribution in [3.05, 3.63) is 0 Å². The normalized spacial score (nSPS) is 31.6. The van der Waals surface area contributed by atoms with Gasteiger partial charge < -0.3 is 9.47 Å². The predicted octanol–water partition coefficient (Wildman–Crippen LogP) is 3.09. The number of esters is 2. The van der Waals surface area contributed by atoms with Gasteiger partial charge in [0.05, 0.1) is 25.6 Å². The van der Waals surface area contributed by atoms with Gasteiger partial charge in [0.1, 0.15) is 0 Å². The molecule has 0 atom stereocenters. The van der Waals surface area contributed by atoms with Gasteiger partial charge in [-0.1, -0.05) is 19.3 Å². The van der Waals surface area contributed by atoms with Gasteiger partial charge in [0.2, 0.25) is 0 Å². The molecule has 0 heterocycles. The molecule has 0 bridgehead atoms. The monoisotopic (exact) mass is 282 g/mol. The molecule has 2 saturated carbocycles. The van der Waals surface area contributed by atoms with Crippen molar-refractivity contribution in [3.63, 3.8) is 0 Å². The fraction of sp³-hybridized carbons (Fsp3) is 0.875. The second-order valence-electron chi connectivity index (χ2n) is 6.28. The zero-order chi connectivity index (χ0) is 14.6. The molecule has 0 unspecified atom stereocenters. The van der Waals surface area contributed by atoms with Gasteiger partial charge in [0.25, 0.3) is 0 Å². The molecule has 4 heteroatoms. The third-order valence-corrected chi connectivity index (χ3v) is 5.39. The maximum absolute atomic E-state index is 12.4. The van der Waals surface area contributed by atoms with Crippen LogP contribution in [0.5, 0.6) is 0 Å². The largest absolute Gasteiger partial charge is 0.469 e. The van der Waals surface area contributed by atoms with Crippen molar-refractivity contribution in [1.29, 1.82) is 0 Å². The Bertz CT molecular complexity index is 349. The van der Waals surface area contributed by atoms with E-state index in [1.807, 2.05) is 0 Å². The second-order valence-corrected chi connectivity index (χ2v) is 6.28. The molecule has 0 amide bonds. The fourth-order valence-corrected chi connectivity index (χ4v) is 4.17. The maximum Gasteiger partial charge on any atom is 0.312 e. The van der Waals surface area contributed by atoms with Gasteiger partial charge in [-0.15, -0.1) is 0 Å². The molecule has 2 aliphatic rings. The van der Waals surface area contributed by atoms with Crippen LogP contribution in [0.2, 0.25) is 0 Å². The van der Waals surface area contributed by atoms with E-state index in [1.54, 1.807) is 0 Å². The Labute approximate surface area is 121 Å². The summed E-state index contributed by atoms with van der Waals surface area (Å²) in [5.41, 5.74) is -0.348. The van der Waals surface area contributed by atoms with Gasteiger partial charge >= 0.3 is 11.9 Å². The zero-order valence-corrected chi connectivity index (χ0v) is 12.7. The van der Waals surface area contributed by atoms with E-state index in [2.05, 4.69) is 0 Å². The average molecular weight is 282 g/mol. The number of rotatable bonds is 3. The number of hydrogen-bond acceptors (Lipinski definition) is 4. The van der Waals surface area contributed by atoms with E-state index in [1.165, 1.54) is 33.5 Å². The van der Waals surface area contributed by atoms with Crippen LogP contribution in [0.15, 0.2) is 0 Å². The lowest BCUT2D eigenvalue weighted by atomic mass is 9.60. The molecule has 0 aliphatic heterocycles. The Morgan fingerprint density at radius 1 is 0.900 bits per heavy atom. The molecule has 2 fully saturated rings. The smallest absolute Gasteiger partial charge is 0.312 e. The molecule has 0 spiro atoms. The summed E-state index contributed by atoms with van der Waals surface area (Å²) in [5, 5.41) is 0. The number of hydrogen-bond donors (Lipinski definition) is 0. The first-order chi connectivity index (χ1) is 9.64. The van der Waals surface area contributed by atoms with Gasteiger partial charge in [0.15, 0.2) is 0 Å². The highest BCUT2D eigenvalue weighted by Gasteiger charge is 2.49. The van der Waals surface area contributed by atoms with Crippen molar-refractivity contribution < 1.29 is 19.1 Å². The minimum Gasteiger partial charge on any atom is -0.469 e. The number of carbonyl (C=O) groups excluding carboxylic acids is 2. The lowest BCUT2D eigenvalue weighted by Crippen LogP contribution is -2.44. The van der Waals surface area contributed by atoms with E-state index < -0.39 is 0 Å². The summed E-state index contributed by atoms with van der Waals surface area (Å²) in [5.74, 6) is 0.198. The van der Waals surface area contributed by atoms with E-state index in [-0.39, 0.29) is 23.3 Å². The summed E-state index contributed by atoms with van der Waals surface area (Å²) in [4.78, 5) is 24.1. The standard InChI is InChI=1S/C16H26O4/c1-19-14(17)12-8-10-16(11-9-12,15(18)20-2)13-6-4-3-5-7-13/h12-13H,3-11H2,1-2H3. The van der Waals surface area contributed by atoms with Crippen LogP contribution in [0.3, 0.4) is 0 Å². The first kappa shape index (κ1) is 15.3. The van der Waals surface area contributed by atoms with Crippen molar-refractivity contribution in [2.24, 2.45) is 17.3 Å². The summed E-state index contributed by atoms with van der Waals surface area (Å²) in [7, 11) is 2.92. The Hall–Kier alpha value is -1.06. The Morgan fingerprint density at radius 2 is 1.50 bits per heavy atom. The second kappa shape index (κ2) is 6.59. The van der Waals surface area contributed by atoms with E-state index in [0.717, 1.165) is 38.5 Å². The molecule has 20 heavy (non-hydrogen) atoms. The zero-order valence-electron chi connectivity index (χ0n) is 12.7. The quantitative estimate of drug-likeness (QED) is 0.746.